The summed E-state index contributed by atoms with van der Waals surface area (Å²) in [7, 11) is 0. The highest BCUT2D eigenvalue weighted by atomic mass is 35.5. The van der Waals surface area contributed by atoms with E-state index in [1.54, 1.807) is 0 Å². The molecule has 1 unspecified atom stereocenters. The Morgan fingerprint density at radius 3 is 2.19 bits per heavy atom. The SMILES string of the molecule is NC(=O)c1cc2nc(C(=O)N(CC(F)(F)F)C(c3cccc(C(F)(F)F)c3)C(F)(F)F)[nH]c2cc1Cl. The molecule has 16 heteroatoms. The number of alkyl halides is 9. The molecule has 1 heterocycles. The van der Waals surface area contributed by atoms with Crippen LogP contribution in [0.25, 0.3) is 11.0 Å². The molecular formula is C20H12ClF9N4O2. The van der Waals surface area contributed by atoms with E-state index in [-0.39, 0.29) is 27.7 Å². The normalized spacial score (nSPS) is 13.6. The van der Waals surface area contributed by atoms with Gasteiger partial charge in [0.1, 0.15) is 6.54 Å². The summed E-state index contributed by atoms with van der Waals surface area (Å²) >= 11 is 5.85. The van der Waals surface area contributed by atoms with E-state index in [4.69, 9.17) is 17.3 Å². The molecule has 194 valence electrons. The van der Waals surface area contributed by atoms with Crippen molar-refractivity contribution < 1.29 is 49.1 Å². The number of halogens is 10. The Labute approximate surface area is 199 Å². The van der Waals surface area contributed by atoms with Crippen molar-refractivity contribution in [2.45, 2.75) is 24.6 Å². The maximum absolute atomic E-state index is 14.0. The van der Waals surface area contributed by atoms with Crippen LogP contribution in [-0.4, -0.2) is 45.6 Å². The third-order valence-electron chi connectivity index (χ3n) is 4.80. The zero-order chi connectivity index (χ0) is 27.2. The molecule has 0 radical (unpaired) electrons. The fourth-order valence-electron chi connectivity index (χ4n) is 3.36. The van der Waals surface area contributed by atoms with Crippen molar-refractivity contribution in [3.8, 4) is 0 Å². The summed E-state index contributed by atoms with van der Waals surface area (Å²) in [5.74, 6) is -3.98. The third kappa shape index (κ3) is 5.83. The van der Waals surface area contributed by atoms with Crippen LogP contribution in [0.3, 0.4) is 0 Å². The van der Waals surface area contributed by atoms with Crippen molar-refractivity contribution in [3.05, 3.63) is 63.9 Å². The van der Waals surface area contributed by atoms with Gasteiger partial charge in [-0.05, 0) is 29.8 Å². The van der Waals surface area contributed by atoms with Gasteiger partial charge in [0.15, 0.2) is 11.9 Å². The highest BCUT2D eigenvalue weighted by Gasteiger charge is 2.50. The lowest BCUT2D eigenvalue weighted by atomic mass is 10.0. The first kappa shape index (κ1) is 27.1. The van der Waals surface area contributed by atoms with Crippen molar-refractivity contribution in [3.63, 3.8) is 0 Å². The molecule has 1 aromatic heterocycles. The van der Waals surface area contributed by atoms with Crippen molar-refractivity contribution in [2.75, 3.05) is 6.54 Å². The molecule has 1 atom stereocenters. The number of imidazole rings is 1. The first-order valence-corrected chi connectivity index (χ1v) is 9.87. The Morgan fingerprint density at radius 2 is 1.67 bits per heavy atom. The minimum atomic E-state index is -5.63. The standard InChI is InChI=1S/C20H12ClF9N4O2/c21-11-6-13-12(5-10(11)15(31)35)32-16(33-13)17(36)34(7-18(22,23)24)14(20(28,29)30)8-2-1-3-9(4-8)19(25,26)27/h1-6,14H,7H2,(H2,31,35)(H,32,33). The van der Waals surface area contributed by atoms with Crippen molar-refractivity contribution in [2.24, 2.45) is 5.73 Å². The molecular weight excluding hydrogens is 535 g/mol. The maximum atomic E-state index is 14.0. The Hall–Kier alpha value is -3.49. The van der Waals surface area contributed by atoms with Crippen molar-refractivity contribution >= 4 is 34.4 Å². The molecule has 2 aromatic carbocycles. The number of nitrogens with one attached hydrogen (secondary N) is 1. The van der Waals surface area contributed by atoms with E-state index in [0.717, 1.165) is 12.1 Å². The number of hydrogen-bond acceptors (Lipinski definition) is 3. The predicted molar refractivity (Wildman–Crippen MR) is 107 cm³/mol. The van der Waals surface area contributed by atoms with Crippen molar-refractivity contribution in [1.82, 2.24) is 14.9 Å². The van der Waals surface area contributed by atoms with E-state index in [0.29, 0.717) is 18.2 Å². The molecule has 3 N–H and O–H groups in total. The van der Waals surface area contributed by atoms with Crippen LogP contribution in [0.1, 0.15) is 38.1 Å². The lowest BCUT2D eigenvalue weighted by molar-refractivity contribution is -0.202. The molecule has 0 aliphatic carbocycles. The lowest BCUT2D eigenvalue weighted by Crippen LogP contribution is -2.47. The second-order valence-electron chi connectivity index (χ2n) is 7.41. The van der Waals surface area contributed by atoms with Gasteiger partial charge in [-0.1, -0.05) is 23.7 Å². The molecule has 36 heavy (non-hydrogen) atoms. The molecule has 3 aromatic rings. The first-order valence-electron chi connectivity index (χ1n) is 9.49. The number of amides is 2. The van der Waals surface area contributed by atoms with Gasteiger partial charge in [-0.15, -0.1) is 0 Å². The van der Waals surface area contributed by atoms with Gasteiger partial charge in [-0.25, -0.2) is 4.98 Å². The fourth-order valence-corrected chi connectivity index (χ4v) is 3.62. The molecule has 6 nitrogen and oxygen atoms in total. The summed E-state index contributed by atoms with van der Waals surface area (Å²) in [6.07, 6.45) is -16.1. The molecule has 0 saturated heterocycles. The quantitative estimate of drug-likeness (QED) is 0.406. The van der Waals surface area contributed by atoms with Gasteiger partial charge in [0, 0.05) is 0 Å². The van der Waals surface area contributed by atoms with Gasteiger partial charge in [0.25, 0.3) is 5.91 Å². The monoisotopic (exact) mass is 546 g/mol. The van der Waals surface area contributed by atoms with Crippen LogP contribution < -0.4 is 5.73 Å². The summed E-state index contributed by atoms with van der Waals surface area (Å²) in [6.45, 7) is -2.48. The highest BCUT2D eigenvalue weighted by molar-refractivity contribution is 6.34. The number of aromatic amines is 1. The molecule has 0 fully saturated rings. The Balaban J connectivity index is 2.17. The molecule has 3 rings (SSSR count). The van der Waals surface area contributed by atoms with E-state index < -0.39 is 64.8 Å². The summed E-state index contributed by atoms with van der Waals surface area (Å²) in [4.78, 5) is 29.5. The highest BCUT2D eigenvalue weighted by Crippen LogP contribution is 2.41. The molecule has 0 aliphatic heterocycles. The largest absolute Gasteiger partial charge is 0.416 e. The molecule has 2 amide bonds. The molecule has 0 spiro atoms. The zero-order valence-electron chi connectivity index (χ0n) is 17.3. The Morgan fingerprint density at radius 1 is 1.03 bits per heavy atom. The number of primary amides is 1. The second kappa shape index (κ2) is 9.19. The van der Waals surface area contributed by atoms with Gasteiger partial charge in [-0.2, -0.15) is 39.5 Å². The number of nitrogens with two attached hydrogens (primary N) is 1. The number of carbonyl (C=O) groups excluding carboxylic acids is 2. The van der Waals surface area contributed by atoms with Gasteiger partial charge >= 0.3 is 18.5 Å². The van der Waals surface area contributed by atoms with Crippen LogP contribution in [0.2, 0.25) is 5.02 Å². The van der Waals surface area contributed by atoms with E-state index in [9.17, 15) is 49.1 Å². The first-order chi connectivity index (χ1) is 16.4. The van der Waals surface area contributed by atoms with E-state index in [1.165, 1.54) is 0 Å². The van der Waals surface area contributed by atoms with Gasteiger partial charge < -0.3 is 15.6 Å². The molecule has 0 saturated carbocycles. The molecule has 0 bridgehead atoms. The predicted octanol–water partition coefficient (Wildman–Crippen LogP) is 5.64. The minimum absolute atomic E-state index is 0.00631. The van der Waals surface area contributed by atoms with Crippen LogP contribution >= 0.6 is 11.6 Å². The average molecular weight is 547 g/mol. The number of nitrogens with zero attached hydrogens (tertiary/aromatic N) is 2. The van der Waals surface area contributed by atoms with Gasteiger partial charge in [-0.3, -0.25) is 9.59 Å². The average Bonchev–Trinajstić information content (AvgIpc) is 3.12. The maximum Gasteiger partial charge on any atom is 0.416 e. The van der Waals surface area contributed by atoms with Crippen LogP contribution in [0.15, 0.2) is 36.4 Å². The zero-order valence-corrected chi connectivity index (χ0v) is 18.1. The van der Waals surface area contributed by atoms with E-state index in [2.05, 4.69) is 9.97 Å². The number of benzene rings is 2. The van der Waals surface area contributed by atoms with Crippen LogP contribution in [0.5, 0.6) is 0 Å². The Kier molecular flexibility index (Phi) is 6.92. The summed E-state index contributed by atoms with van der Waals surface area (Å²) in [5.41, 5.74) is 1.62. The van der Waals surface area contributed by atoms with Crippen LogP contribution in [0, 0.1) is 0 Å². The Bertz CT molecular complexity index is 1320. The lowest BCUT2D eigenvalue weighted by Gasteiger charge is -2.33. The van der Waals surface area contributed by atoms with Crippen molar-refractivity contribution in [1.29, 1.82) is 0 Å². The summed E-state index contributed by atoms with van der Waals surface area (Å²) in [6, 6.07) is 0.0621. The number of carbonyl (C=O) groups is 2. The van der Waals surface area contributed by atoms with E-state index >= 15 is 0 Å². The van der Waals surface area contributed by atoms with Crippen LogP contribution in [0.4, 0.5) is 39.5 Å². The van der Waals surface area contributed by atoms with E-state index in [1.807, 2.05) is 0 Å². The van der Waals surface area contributed by atoms with Crippen LogP contribution in [-0.2, 0) is 6.18 Å². The third-order valence-corrected chi connectivity index (χ3v) is 5.11. The minimum Gasteiger partial charge on any atom is -0.366 e. The topological polar surface area (TPSA) is 92.1 Å². The van der Waals surface area contributed by atoms with Gasteiger partial charge in [0.2, 0.25) is 5.91 Å². The smallest absolute Gasteiger partial charge is 0.366 e. The number of H-pyrrole nitrogens is 1. The molecule has 0 aliphatic rings. The number of aromatic nitrogens is 2. The number of hydrogen-bond donors (Lipinski definition) is 2. The summed E-state index contributed by atoms with van der Waals surface area (Å²) in [5, 5.41) is -0.248. The summed E-state index contributed by atoms with van der Waals surface area (Å²) < 4.78 is 121. The number of fused-ring (bicyclic) bond motifs is 1. The number of rotatable bonds is 5. The van der Waals surface area contributed by atoms with Gasteiger partial charge in [0.05, 0.1) is 27.2 Å². The second-order valence-corrected chi connectivity index (χ2v) is 7.82. The fraction of sp³-hybridized carbons (Fsp3) is 0.250.